The minimum atomic E-state index is 0.398. The third kappa shape index (κ3) is 3.97. The predicted octanol–water partition coefficient (Wildman–Crippen LogP) is 2.52. The van der Waals surface area contributed by atoms with Crippen molar-refractivity contribution in [1.82, 2.24) is 10.2 Å². The highest BCUT2D eigenvalue weighted by Crippen LogP contribution is 2.29. The van der Waals surface area contributed by atoms with Crippen LogP contribution in [0.15, 0.2) is 18.2 Å². The Morgan fingerprint density at radius 3 is 3.00 bits per heavy atom. The van der Waals surface area contributed by atoms with Gasteiger partial charge < -0.3 is 10.1 Å². The molecule has 1 saturated heterocycles. The van der Waals surface area contributed by atoms with E-state index in [9.17, 15) is 4.79 Å². The number of hydrogen-bond acceptors (Lipinski definition) is 3. The fraction of sp³-hybridized carbons (Fsp3) is 0.588. The number of benzene rings is 1. The van der Waals surface area contributed by atoms with Crippen molar-refractivity contribution in [3.63, 3.8) is 0 Å². The lowest BCUT2D eigenvalue weighted by Gasteiger charge is -2.37. The van der Waals surface area contributed by atoms with E-state index >= 15 is 0 Å². The first-order valence-electron chi connectivity index (χ1n) is 7.71. The third-order valence-corrected chi connectivity index (χ3v) is 4.52. The molecule has 0 saturated carbocycles. The first kappa shape index (κ1) is 15.8. The molecule has 2 unspecified atom stereocenters. The van der Waals surface area contributed by atoms with E-state index in [0.29, 0.717) is 12.0 Å². The van der Waals surface area contributed by atoms with Crippen LogP contribution in [0.1, 0.15) is 36.9 Å². The van der Waals surface area contributed by atoms with Crippen LogP contribution in [0.5, 0.6) is 5.75 Å². The van der Waals surface area contributed by atoms with Gasteiger partial charge in [-0.3, -0.25) is 9.69 Å². The number of methoxy groups -OCH3 is 1. The SMILES string of the molecule is COc1ccc(C(C)N2CCCC(CNC=O)C2)c(C)c1. The summed E-state index contributed by atoms with van der Waals surface area (Å²) < 4.78 is 5.28. The van der Waals surface area contributed by atoms with Gasteiger partial charge >= 0.3 is 0 Å². The molecule has 1 aliphatic heterocycles. The Hall–Kier alpha value is -1.55. The number of amides is 1. The standard InChI is InChI=1S/C17H26N2O2/c1-13-9-16(21-3)6-7-17(13)14(2)19-8-4-5-15(11-19)10-18-12-20/h6-7,9,12,14-15H,4-5,8,10-11H2,1-3H3,(H,18,20). The number of hydrogen-bond donors (Lipinski definition) is 1. The molecule has 2 rings (SSSR count). The molecule has 116 valence electrons. The molecule has 4 nitrogen and oxygen atoms in total. The fourth-order valence-electron chi connectivity index (χ4n) is 3.27. The maximum Gasteiger partial charge on any atom is 0.207 e. The molecule has 0 bridgehead atoms. The highest BCUT2D eigenvalue weighted by Gasteiger charge is 2.24. The lowest BCUT2D eigenvalue weighted by Crippen LogP contribution is -2.40. The average Bonchev–Trinajstić information content (AvgIpc) is 2.52. The topological polar surface area (TPSA) is 41.6 Å². The summed E-state index contributed by atoms with van der Waals surface area (Å²) in [6.45, 7) is 7.38. The molecule has 1 fully saturated rings. The molecular weight excluding hydrogens is 264 g/mol. The van der Waals surface area contributed by atoms with Crippen LogP contribution in [0.2, 0.25) is 0 Å². The summed E-state index contributed by atoms with van der Waals surface area (Å²) in [6.07, 6.45) is 3.20. The van der Waals surface area contributed by atoms with Crippen molar-refractivity contribution in [2.24, 2.45) is 5.92 Å². The van der Waals surface area contributed by atoms with Gasteiger partial charge in [0.1, 0.15) is 5.75 Å². The summed E-state index contributed by atoms with van der Waals surface area (Å²) in [6, 6.07) is 6.71. The minimum Gasteiger partial charge on any atom is -0.497 e. The molecule has 0 aromatic heterocycles. The van der Waals surface area contributed by atoms with Crippen molar-refractivity contribution in [1.29, 1.82) is 0 Å². The zero-order chi connectivity index (χ0) is 15.2. The molecule has 1 aromatic rings. The lowest BCUT2D eigenvalue weighted by atomic mass is 9.94. The molecule has 0 spiro atoms. The number of carbonyl (C=O) groups excluding carboxylic acids is 1. The monoisotopic (exact) mass is 290 g/mol. The number of nitrogens with one attached hydrogen (secondary N) is 1. The molecule has 1 aliphatic rings. The van der Waals surface area contributed by atoms with Gasteiger partial charge in [0, 0.05) is 19.1 Å². The second-order valence-corrected chi connectivity index (χ2v) is 5.93. The van der Waals surface area contributed by atoms with E-state index in [0.717, 1.165) is 31.8 Å². The van der Waals surface area contributed by atoms with E-state index < -0.39 is 0 Å². The number of piperidine rings is 1. The van der Waals surface area contributed by atoms with Crippen molar-refractivity contribution in [3.8, 4) is 5.75 Å². The van der Waals surface area contributed by atoms with Crippen LogP contribution in [0.3, 0.4) is 0 Å². The highest BCUT2D eigenvalue weighted by atomic mass is 16.5. The predicted molar refractivity (Wildman–Crippen MR) is 84.5 cm³/mol. The Morgan fingerprint density at radius 1 is 1.52 bits per heavy atom. The summed E-state index contributed by atoms with van der Waals surface area (Å²) >= 11 is 0. The summed E-state index contributed by atoms with van der Waals surface area (Å²) in [5.41, 5.74) is 2.63. The Balaban J connectivity index is 2.04. The third-order valence-electron chi connectivity index (χ3n) is 4.52. The van der Waals surface area contributed by atoms with E-state index in [2.05, 4.69) is 36.2 Å². The summed E-state index contributed by atoms with van der Waals surface area (Å²) in [7, 11) is 1.70. The molecule has 1 amide bonds. The van der Waals surface area contributed by atoms with Crippen LogP contribution in [-0.2, 0) is 4.79 Å². The maximum absolute atomic E-state index is 10.5. The Kier molecular flexibility index (Phi) is 5.62. The lowest BCUT2D eigenvalue weighted by molar-refractivity contribution is -0.109. The van der Waals surface area contributed by atoms with Crippen LogP contribution in [0, 0.1) is 12.8 Å². The maximum atomic E-state index is 10.5. The van der Waals surface area contributed by atoms with E-state index in [1.165, 1.54) is 24.0 Å². The van der Waals surface area contributed by atoms with Gasteiger partial charge in [0.15, 0.2) is 0 Å². The van der Waals surface area contributed by atoms with Gasteiger partial charge in [-0.05, 0) is 62.4 Å². The first-order chi connectivity index (χ1) is 10.2. The van der Waals surface area contributed by atoms with Crippen molar-refractivity contribution < 1.29 is 9.53 Å². The van der Waals surface area contributed by atoms with Crippen LogP contribution in [0.25, 0.3) is 0 Å². The molecule has 21 heavy (non-hydrogen) atoms. The summed E-state index contributed by atoms with van der Waals surface area (Å²) in [5.74, 6) is 1.47. The molecule has 0 radical (unpaired) electrons. The Morgan fingerprint density at radius 2 is 2.33 bits per heavy atom. The minimum absolute atomic E-state index is 0.398. The van der Waals surface area contributed by atoms with Gasteiger partial charge in [0.05, 0.1) is 7.11 Å². The zero-order valence-electron chi connectivity index (χ0n) is 13.3. The van der Waals surface area contributed by atoms with Gasteiger partial charge in [-0.1, -0.05) is 6.07 Å². The van der Waals surface area contributed by atoms with Crippen molar-refractivity contribution in [2.75, 3.05) is 26.7 Å². The summed E-state index contributed by atoms with van der Waals surface area (Å²) in [4.78, 5) is 13.0. The Bertz CT molecular complexity index is 476. The second-order valence-electron chi connectivity index (χ2n) is 5.93. The van der Waals surface area contributed by atoms with Gasteiger partial charge in [0.25, 0.3) is 0 Å². The van der Waals surface area contributed by atoms with Crippen LogP contribution >= 0.6 is 0 Å². The molecule has 1 heterocycles. The fourth-order valence-corrected chi connectivity index (χ4v) is 3.27. The number of ether oxygens (including phenoxy) is 1. The molecule has 2 atom stereocenters. The van der Waals surface area contributed by atoms with Gasteiger partial charge in [0.2, 0.25) is 6.41 Å². The smallest absolute Gasteiger partial charge is 0.207 e. The van der Waals surface area contributed by atoms with E-state index in [4.69, 9.17) is 4.74 Å². The van der Waals surface area contributed by atoms with E-state index in [1.54, 1.807) is 7.11 Å². The first-order valence-corrected chi connectivity index (χ1v) is 7.71. The largest absolute Gasteiger partial charge is 0.497 e. The van der Waals surface area contributed by atoms with E-state index in [-0.39, 0.29) is 0 Å². The molecule has 1 N–H and O–H groups in total. The van der Waals surface area contributed by atoms with Crippen molar-refractivity contribution in [3.05, 3.63) is 29.3 Å². The second kappa shape index (κ2) is 7.46. The summed E-state index contributed by atoms with van der Waals surface area (Å²) in [5, 5.41) is 2.82. The van der Waals surface area contributed by atoms with E-state index in [1.807, 2.05) is 6.07 Å². The van der Waals surface area contributed by atoms with Gasteiger partial charge in [-0.15, -0.1) is 0 Å². The van der Waals surface area contributed by atoms with Crippen LogP contribution < -0.4 is 10.1 Å². The number of rotatable bonds is 6. The number of nitrogens with zero attached hydrogens (tertiary/aromatic N) is 1. The Labute approximate surface area is 127 Å². The van der Waals surface area contributed by atoms with Gasteiger partial charge in [-0.2, -0.15) is 0 Å². The van der Waals surface area contributed by atoms with Crippen LogP contribution in [-0.4, -0.2) is 38.1 Å². The molecule has 4 heteroatoms. The van der Waals surface area contributed by atoms with Crippen molar-refractivity contribution >= 4 is 6.41 Å². The normalized spacial score (nSPS) is 20.8. The van der Waals surface area contributed by atoms with Crippen LogP contribution in [0.4, 0.5) is 0 Å². The van der Waals surface area contributed by atoms with Crippen molar-refractivity contribution in [2.45, 2.75) is 32.7 Å². The number of aryl methyl sites for hydroxylation is 1. The molecule has 0 aliphatic carbocycles. The molecule has 1 aromatic carbocycles. The van der Waals surface area contributed by atoms with Gasteiger partial charge in [-0.25, -0.2) is 0 Å². The quantitative estimate of drug-likeness (QED) is 0.819. The number of carbonyl (C=O) groups is 1. The highest BCUT2D eigenvalue weighted by molar-refractivity contribution is 5.45. The zero-order valence-corrected chi connectivity index (χ0v) is 13.3. The molecular formula is C17H26N2O2. The average molecular weight is 290 g/mol. The number of likely N-dealkylation sites (tertiary alicyclic amines) is 1.